The summed E-state index contributed by atoms with van der Waals surface area (Å²) in [4.78, 5) is 4.61. The summed E-state index contributed by atoms with van der Waals surface area (Å²) >= 11 is 0. The highest BCUT2D eigenvalue weighted by Crippen LogP contribution is 2.18. The molecule has 0 aliphatic carbocycles. The van der Waals surface area contributed by atoms with E-state index in [-0.39, 0.29) is 12.1 Å². The first kappa shape index (κ1) is 11.3. The van der Waals surface area contributed by atoms with Crippen LogP contribution in [0.25, 0.3) is 0 Å². The average Bonchev–Trinajstić information content (AvgIpc) is 2.56. The van der Waals surface area contributed by atoms with E-state index >= 15 is 0 Å². The van der Waals surface area contributed by atoms with Crippen molar-refractivity contribution in [3.63, 3.8) is 0 Å². The summed E-state index contributed by atoms with van der Waals surface area (Å²) in [6.45, 7) is 4.31. The van der Waals surface area contributed by atoms with Crippen molar-refractivity contribution >= 4 is 0 Å². The summed E-state index contributed by atoms with van der Waals surface area (Å²) in [5.74, 6) is 0. The van der Waals surface area contributed by atoms with Crippen LogP contribution in [0.2, 0.25) is 0 Å². The van der Waals surface area contributed by atoms with Crippen molar-refractivity contribution in [2.24, 2.45) is 5.73 Å². The van der Waals surface area contributed by atoms with Gasteiger partial charge in [-0.05, 0) is 26.9 Å². The molecule has 0 bridgehead atoms. The molecule has 0 aromatic rings. The maximum absolute atomic E-state index is 6.10. The molecule has 0 saturated carbocycles. The molecule has 0 aromatic heterocycles. The van der Waals surface area contributed by atoms with Crippen LogP contribution in [0.15, 0.2) is 0 Å². The van der Waals surface area contributed by atoms with Crippen LogP contribution < -0.4 is 5.73 Å². The number of nitrogens with zero attached hydrogens (tertiary/aromatic N) is 2. The Bertz CT molecular complexity index is 212. The second kappa shape index (κ2) is 4.78. The molecule has 0 spiro atoms. The zero-order valence-electron chi connectivity index (χ0n) is 9.85. The molecule has 15 heavy (non-hydrogen) atoms. The van der Waals surface area contributed by atoms with Gasteiger partial charge in [-0.3, -0.25) is 0 Å². The van der Waals surface area contributed by atoms with Crippen molar-refractivity contribution in [3.05, 3.63) is 0 Å². The maximum Gasteiger partial charge on any atom is 0.0755 e. The second-order valence-corrected chi connectivity index (χ2v) is 5.06. The van der Waals surface area contributed by atoms with Crippen LogP contribution in [0.4, 0.5) is 0 Å². The molecule has 2 unspecified atom stereocenters. The van der Waals surface area contributed by atoms with Crippen molar-refractivity contribution < 1.29 is 4.74 Å². The summed E-state index contributed by atoms with van der Waals surface area (Å²) < 4.78 is 6.09. The van der Waals surface area contributed by atoms with Gasteiger partial charge in [-0.1, -0.05) is 0 Å². The Morgan fingerprint density at radius 3 is 2.33 bits per heavy atom. The van der Waals surface area contributed by atoms with Crippen LogP contribution in [0, 0.1) is 0 Å². The lowest BCUT2D eigenvalue weighted by Crippen LogP contribution is -2.52. The summed E-state index contributed by atoms with van der Waals surface area (Å²) in [6, 6.07) is 0.189. The third-order valence-electron chi connectivity index (χ3n) is 3.51. The largest absolute Gasteiger partial charge is 0.372 e. The molecule has 0 radical (unpaired) electrons. The Morgan fingerprint density at radius 2 is 1.73 bits per heavy atom. The molecule has 2 aliphatic rings. The van der Waals surface area contributed by atoms with E-state index in [0.717, 1.165) is 39.0 Å². The van der Waals surface area contributed by atoms with Crippen LogP contribution >= 0.6 is 0 Å². The zero-order chi connectivity index (χ0) is 10.8. The van der Waals surface area contributed by atoms with Gasteiger partial charge in [0.15, 0.2) is 0 Å². The van der Waals surface area contributed by atoms with E-state index in [0.29, 0.717) is 6.10 Å². The van der Waals surface area contributed by atoms with Gasteiger partial charge in [0.2, 0.25) is 0 Å². The van der Waals surface area contributed by atoms with Gasteiger partial charge in [-0.2, -0.15) is 0 Å². The highest BCUT2D eigenvalue weighted by molar-refractivity contribution is 4.85. The first-order valence-electron chi connectivity index (χ1n) is 5.93. The van der Waals surface area contributed by atoms with Gasteiger partial charge in [0.25, 0.3) is 0 Å². The van der Waals surface area contributed by atoms with Crippen molar-refractivity contribution in [1.82, 2.24) is 9.80 Å². The highest BCUT2D eigenvalue weighted by atomic mass is 16.5. The molecule has 0 amide bonds. The Morgan fingerprint density at radius 1 is 1.07 bits per heavy atom. The summed E-state index contributed by atoms with van der Waals surface area (Å²) in [6.07, 6.45) is 2.93. The van der Waals surface area contributed by atoms with Crippen molar-refractivity contribution in [2.75, 3.05) is 40.3 Å². The first-order valence-corrected chi connectivity index (χ1v) is 5.93. The van der Waals surface area contributed by atoms with E-state index in [9.17, 15) is 0 Å². The quantitative estimate of drug-likeness (QED) is 0.686. The third kappa shape index (κ3) is 2.91. The van der Waals surface area contributed by atoms with Gasteiger partial charge in [-0.25, -0.2) is 0 Å². The van der Waals surface area contributed by atoms with Crippen LogP contribution in [-0.4, -0.2) is 68.3 Å². The van der Waals surface area contributed by atoms with Gasteiger partial charge >= 0.3 is 0 Å². The van der Waals surface area contributed by atoms with Crippen LogP contribution in [0.3, 0.4) is 0 Å². The van der Waals surface area contributed by atoms with E-state index in [1.54, 1.807) is 0 Å². The van der Waals surface area contributed by atoms with Crippen LogP contribution in [0.5, 0.6) is 0 Å². The minimum Gasteiger partial charge on any atom is -0.372 e. The number of nitrogens with two attached hydrogens (primary N) is 1. The number of hydrogen-bond donors (Lipinski definition) is 1. The Balaban J connectivity index is 1.79. The predicted molar refractivity (Wildman–Crippen MR) is 60.9 cm³/mol. The van der Waals surface area contributed by atoms with E-state index in [2.05, 4.69) is 23.9 Å². The van der Waals surface area contributed by atoms with E-state index in [4.69, 9.17) is 10.5 Å². The van der Waals surface area contributed by atoms with E-state index < -0.39 is 0 Å². The molecule has 2 saturated heterocycles. The lowest BCUT2D eigenvalue weighted by Gasteiger charge is -2.35. The average molecular weight is 213 g/mol. The summed E-state index contributed by atoms with van der Waals surface area (Å²) in [5.41, 5.74) is 6.10. The molecule has 88 valence electrons. The lowest BCUT2D eigenvalue weighted by molar-refractivity contribution is -0.0444. The number of likely N-dealkylation sites (N-methyl/N-ethyl adjacent to an activating group) is 2. The molecule has 4 nitrogen and oxygen atoms in total. The predicted octanol–water partition coefficient (Wildman–Crippen LogP) is -0.261. The highest BCUT2D eigenvalue weighted by Gasteiger charge is 2.30. The van der Waals surface area contributed by atoms with Gasteiger partial charge < -0.3 is 20.3 Å². The molecular formula is C11H23N3O. The molecule has 0 aromatic carbocycles. The fourth-order valence-electron chi connectivity index (χ4n) is 2.55. The minimum absolute atomic E-state index is 0.189. The van der Waals surface area contributed by atoms with Crippen LogP contribution in [-0.2, 0) is 4.74 Å². The standard InChI is InChI=1S/C11H23N3O/c1-13-5-3-9(7-13)15-11-4-6-14(2)8-10(11)12/h9-11H,3-8,12H2,1-2H3/t9-,10?,11?/m1/s1. The maximum atomic E-state index is 6.10. The molecule has 2 rings (SSSR count). The molecule has 2 N–H and O–H groups in total. The van der Waals surface area contributed by atoms with Crippen molar-refractivity contribution in [3.8, 4) is 0 Å². The number of piperidine rings is 1. The molecule has 4 heteroatoms. The number of hydrogen-bond acceptors (Lipinski definition) is 4. The molecule has 2 fully saturated rings. The van der Waals surface area contributed by atoms with Crippen molar-refractivity contribution in [1.29, 1.82) is 0 Å². The first-order chi connectivity index (χ1) is 7.15. The van der Waals surface area contributed by atoms with Gasteiger partial charge in [0.1, 0.15) is 0 Å². The topological polar surface area (TPSA) is 41.7 Å². The van der Waals surface area contributed by atoms with Gasteiger partial charge in [0.05, 0.1) is 12.2 Å². The van der Waals surface area contributed by atoms with Gasteiger partial charge in [-0.15, -0.1) is 0 Å². The molecule has 3 atom stereocenters. The fourth-order valence-corrected chi connectivity index (χ4v) is 2.55. The van der Waals surface area contributed by atoms with Crippen molar-refractivity contribution in [2.45, 2.75) is 31.1 Å². The number of ether oxygens (including phenoxy) is 1. The van der Waals surface area contributed by atoms with Gasteiger partial charge in [0, 0.05) is 32.2 Å². The fraction of sp³-hybridized carbons (Fsp3) is 1.00. The molecular weight excluding hydrogens is 190 g/mol. The summed E-state index contributed by atoms with van der Waals surface area (Å²) in [7, 11) is 4.28. The zero-order valence-corrected chi connectivity index (χ0v) is 9.85. The molecule has 2 aliphatic heterocycles. The smallest absolute Gasteiger partial charge is 0.0755 e. The normalized spacial score (nSPS) is 39.8. The summed E-state index contributed by atoms with van der Waals surface area (Å²) in [5, 5.41) is 0. The number of rotatable bonds is 2. The lowest BCUT2D eigenvalue weighted by atomic mass is 10.0. The Kier molecular flexibility index (Phi) is 3.61. The third-order valence-corrected chi connectivity index (χ3v) is 3.51. The van der Waals surface area contributed by atoms with Crippen LogP contribution in [0.1, 0.15) is 12.8 Å². The molecule has 2 heterocycles. The van der Waals surface area contributed by atoms with E-state index in [1.807, 2.05) is 0 Å². The minimum atomic E-state index is 0.189. The Labute approximate surface area is 92.4 Å². The Hall–Kier alpha value is -0.160. The second-order valence-electron chi connectivity index (χ2n) is 5.06. The van der Waals surface area contributed by atoms with E-state index in [1.165, 1.54) is 0 Å². The number of likely N-dealkylation sites (tertiary alicyclic amines) is 2. The SMILES string of the molecule is CN1CCC(O[C@@H]2CCN(C)C2)C(N)C1. The monoisotopic (exact) mass is 213 g/mol.